The molecule has 1 saturated carbocycles. The molecule has 0 spiro atoms. The van der Waals surface area contributed by atoms with Crippen molar-refractivity contribution in [3.05, 3.63) is 0 Å². The number of hydrogen-bond donors (Lipinski definition) is 1. The van der Waals surface area contributed by atoms with Crippen LogP contribution < -0.4 is 5.32 Å². The standard InChI is InChI=1S/C13H25NO/c1-12(2,3)14-9-13(7-8-15-10-13)11-5-4-6-11/h11,14H,4-10H2,1-3H3. The van der Waals surface area contributed by atoms with E-state index in [1.165, 1.54) is 25.7 Å². The molecular formula is C13H25NO. The Kier molecular flexibility index (Phi) is 3.09. The quantitative estimate of drug-likeness (QED) is 0.774. The fraction of sp³-hybridized carbons (Fsp3) is 1.00. The van der Waals surface area contributed by atoms with Crippen LogP contribution in [0.15, 0.2) is 0 Å². The summed E-state index contributed by atoms with van der Waals surface area (Å²) in [7, 11) is 0. The monoisotopic (exact) mass is 211 g/mol. The van der Waals surface area contributed by atoms with Crippen LogP contribution in [0, 0.1) is 11.3 Å². The Morgan fingerprint density at radius 3 is 2.47 bits per heavy atom. The first-order valence-corrected chi connectivity index (χ1v) is 6.35. The molecule has 2 heteroatoms. The van der Waals surface area contributed by atoms with E-state index in [2.05, 4.69) is 26.1 Å². The van der Waals surface area contributed by atoms with Crippen LogP contribution in [-0.2, 0) is 4.74 Å². The number of rotatable bonds is 3. The molecule has 1 N–H and O–H groups in total. The van der Waals surface area contributed by atoms with Gasteiger partial charge >= 0.3 is 0 Å². The number of nitrogens with one attached hydrogen (secondary N) is 1. The van der Waals surface area contributed by atoms with Crippen LogP contribution in [0.1, 0.15) is 46.5 Å². The fourth-order valence-corrected chi connectivity index (χ4v) is 2.69. The molecule has 0 aromatic heterocycles. The zero-order valence-electron chi connectivity index (χ0n) is 10.4. The predicted octanol–water partition coefficient (Wildman–Crippen LogP) is 2.58. The second-order valence-corrected chi connectivity index (χ2v) is 6.40. The van der Waals surface area contributed by atoms with Gasteiger partial charge in [-0.1, -0.05) is 6.42 Å². The van der Waals surface area contributed by atoms with Crippen LogP contribution >= 0.6 is 0 Å². The topological polar surface area (TPSA) is 21.3 Å². The van der Waals surface area contributed by atoms with Crippen molar-refractivity contribution in [1.29, 1.82) is 0 Å². The lowest BCUT2D eigenvalue weighted by Gasteiger charge is -2.43. The minimum absolute atomic E-state index is 0.235. The van der Waals surface area contributed by atoms with E-state index in [0.717, 1.165) is 25.7 Å². The maximum atomic E-state index is 5.64. The van der Waals surface area contributed by atoms with E-state index >= 15 is 0 Å². The second kappa shape index (κ2) is 4.06. The Morgan fingerprint density at radius 2 is 2.07 bits per heavy atom. The zero-order valence-corrected chi connectivity index (χ0v) is 10.4. The van der Waals surface area contributed by atoms with E-state index in [9.17, 15) is 0 Å². The lowest BCUT2D eigenvalue weighted by Crippen LogP contribution is -2.49. The Morgan fingerprint density at radius 1 is 1.33 bits per heavy atom. The average molecular weight is 211 g/mol. The van der Waals surface area contributed by atoms with Gasteiger partial charge in [-0.15, -0.1) is 0 Å². The van der Waals surface area contributed by atoms with Crippen molar-refractivity contribution in [3.8, 4) is 0 Å². The van der Waals surface area contributed by atoms with E-state index < -0.39 is 0 Å². The molecule has 1 aliphatic carbocycles. The van der Waals surface area contributed by atoms with Crippen LogP contribution in [0.25, 0.3) is 0 Å². The Bertz CT molecular complexity index is 209. The Hall–Kier alpha value is -0.0800. The second-order valence-electron chi connectivity index (χ2n) is 6.40. The van der Waals surface area contributed by atoms with Gasteiger partial charge in [-0.25, -0.2) is 0 Å². The number of ether oxygens (including phenoxy) is 1. The summed E-state index contributed by atoms with van der Waals surface area (Å²) in [5, 5.41) is 3.67. The van der Waals surface area contributed by atoms with Crippen LogP contribution in [0.5, 0.6) is 0 Å². The molecule has 2 fully saturated rings. The van der Waals surface area contributed by atoms with Crippen LogP contribution in [0.4, 0.5) is 0 Å². The molecule has 2 aliphatic rings. The molecule has 1 saturated heterocycles. The Balaban J connectivity index is 1.93. The molecule has 0 amide bonds. The van der Waals surface area contributed by atoms with Crippen molar-refractivity contribution in [2.75, 3.05) is 19.8 Å². The number of hydrogen-bond acceptors (Lipinski definition) is 2. The van der Waals surface area contributed by atoms with Crippen molar-refractivity contribution in [1.82, 2.24) is 5.32 Å². The highest BCUT2D eigenvalue weighted by molar-refractivity contribution is 4.96. The minimum atomic E-state index is 0.235. The van der Waals surface area contributed by atoms with Gasteiger partial charge in [0, 0.05) is 24.1 Å². The van der Waals surface area contributed by atoms with Gasteiger partial charge in [-0.3, -0.25) is 0 Å². The molecule has 0 bridgehead atoms. The van der Waals surface area contributed by atoms with Gasteiger partial charge < -0.3 is 10.1 Å². The first-order valence-electron chi connectivity index (χ1n) is 6.35. The predicted molar refractivity (Wildman–Crippen MR) is 63.0 cm³/mol. The van der Waals surface area contributed by atoms with Crippen molar-refractivity contribution in [2.45, 2.75) is 52.0 Å². The summed E-state index contributed by atoms with van der Waals surface area (Å²) in [6.07, 6.45) is 5.55. The van der Waals surface area contributed by atoms with Crippen molar-refractivity contribution in [2.24, 2.45) is 11.3 Å². The molecule has 1 atom stereocenters. The third kappa shape index (κ3) is 2.54. The summed E-state index contributed by atoms with van der Waals surface area (Å²) in [6, 6.07) is 0. The highest BCUT2D eigenvalue weighted by atomic mass is 16.5. The summed E-state index contributed by atoms with van der Waals surface area (Å²) in [4.78, 5) is 0. The minimum Gasteiger partial charge on any atom is -0.381 e. The lowest BCUT2D eigenvalue weighted by atomic mass is 9.64. The zero-order chi connectivity index (χ0) is 10.9. The molecular weight excluding hydrogens is 186 g/mol. The third-order valence-corrected chi connectivity index (χ3v) is 4.08. The first-order chi connectivity index (χ1) is 7.02. The van der Waals surface area contributed by atoms with Crippen LogP contribution in [-0.4, -0.2) is 25.3 Å². The van der Waals surface area contributed by atoms with E-state index in [4.69, 9.17) is 4.74 Å². The van der Waals surface area contributed by atoms with E-state index in [-0.39, 0.29) is 5.54 Å². The molecule has 1 unspecified atom stereocenters. The SMILES string of the molecule is CC(C)(C)NCC1(C2CCC2)CCOC1. The molecule has 1 heterocycles. The van der Waals surface area contributed by atoms with E-state index in [0.29, 0.717) is 5.41 Å². The van der Waals surface area contributed by atoms with Crippen molar-refractivity contribution >= 4 is 0 Å². The van der Waals surface area contributed by atoms with Gasteiger partial charge in [-0.05, 0) is 46.0 Å². The Labute approximate surface area is 93.8 Å². The smallest absolute Gasteiger partial charge is 0.0538 e. The van der Waals surface area contributed by atoms with Gasteiger partial charge in [0.25, 0.3) is 0 Å². The van der Waals surface area contributed by atoms with Crippen molar-refractivity contribution in [3.63, 3.8) is 0 Å². The van der Waals surface area contributed by atoms with Crippen LogP contribution in [0.2, 0.25) is 0 Å². The molecule has 2 nitrogen and oxygen atoms in total. The fourth-order valence-electron chi connectivity index (χ4n) is 2.69. The third-order valence-electron chi connectivity index (χ3n) is 4.08. The van der Waals surface area contributed by atoms with Gasteiger partial charge in [0.2, 0.25) is 0 Å². The molecule has 0 radical (unpaired) electrons. The lowest BCUT2D eigenvalue weighted by molar-refractivity contribution is 0.0542. The molecule has 0 aromatic carbocycles. The van der Waals surface area contributed by atoms with Gasteiger partial charge in [0.1, 0.15) is 0 Å². The van der Waals surface area contributed by atoms with E-state index in [1.807, 2.05) is 0 Å². The van der Waals surface area contributed by atoms with E-state index in [1.54, 1.807) is 0 Å². The van der Waals surface area contributed by atoms with Gasteiger partial charge in [-0.2, -0.15) is 0 Å². The average Bonchev–Trinajstić information content (AvgIpc) is 2.46. The highest BCUT2D eigenvalue weighted by Gasteiger charge is 2.44. The molecule has 2 rings (SSSR count). The molecule has 15 heavy (non-hydrogen) atoms. The first kappa shape index (κ1) is 11.4. The molecule has 0 aromatic rings. The molecule has 1 aliphatic heterocycles. The molecule has 88 valence electrons. The maximum absolute atomic E-state index is 5.64. The summed E-state index contributed by atoms with van der Waals surface area (Å²) in [5.74, 6) is 0.926. The van der Waals surface area contributed by atoms with Crippen LogP contribution in [0.3, 0.4) is 0 Å². The summed E-state index contributed by atoms with van der Waals surface area (Å²) in [6.45, 7) is 9.84. The van der Waals surface area contributed by atoms with Crippen molar-refractivity contribution < 1.29 is 4.74 Å². The highest BCUT2D eigenvalue weighted by Crippen LogP contribution is 2.46. The summed E-state index contributed by atoms with van der Waals surface area (Å²) in [5.41, 5.74) is 0.699. The van der Waals surface area contributed by atoms with Gasteiger partial charge in [0.05, 0.1) is 6.61 Å². The normalized spacial score (nSPS) is 33.0. The summed E-state index contributed by atoms with van der Waals surface area (Å²) >= 11 is 0. The summed E-state index contributed by atoms with van der Waals surface area (Å²) < 4.78 is 5.64. The largest absolute Gasteiger partial charge is 0.381 e. The van der Waals surface area contributed by atoms with Gasteiger partial charge in [0.15, 0.2) is 0 Å². The maximum Gasteiger partial charge on any atom is 0.0538 e.